The Hall–Kier alpha value is -3.67. The number of pyridine rings is 1. The molecule has 0 saturated heterocycles. The Morgan fingerprint density at radius 2 is 1.70 bits per heavy atom. The summed E-state index contributed by atoms with van der Waals surface area (Å²) in [7, 11) is 0. The molecule has 0 fully saturated rings. The summed E-state index contributed by atoms with van der Waals surface area (Å²) in [5.41, 5.74) is 3.40. The lowest BCUT2D eigenvalue weighted by molar-refractivity contribution is -0.122. The van der Waals surface area contributed by atoms with Crippen LogP contribution in [0.25, 0.3) is 0 Å². The lowest BCUT2D eigenvalue weighted by atomic mass is 10.1. The molecule has 1 aromatic heterocycles. The van der Waals surface area contributed by atoms with Gasteiger partial charge in [0.05, 0.1) is 6.54 Å². The van der Waals surface area contributed by atoms with Crippen LogP contribution in [0.4, 0.5) is 0 Å². The van der Waals surface area contributed by atoms with E-state index in [9.17, 15) is 14.4 Å². The topological polar surface area (TPSA) is 80.2 Å². The lowest BCUT2D eigenvalue weighted by Crippen LogP contribution is -2.44. The average Bonchev–Trinajstić information content (AvgIpc) is 2.74. The molecule has 2 N–H and O–H groups in total. The van der Waals surface area contributed by atoms with Gasteiger partial charge in [-0.1, -0.05) is 48.0 Å². The predicted octanol–water partition coefficient (Wildman–Crippen LogP) is 2.64. The van der Waals surface area contributed by atoms with Gasteiger partial charge in [-0.15, -0.1) is 0 Å². The number of aromatic nitrogens is 1. The maximum atomic E-state index is 12.3. The SMILES string of the molecule is Cc1cccc(C(=O)NC(C)C(=O)NCc2ccc(Cn3ccccc3=O)cc2)c1. The van der Waals surface area contributed by atoms with Crippen molar-refractivity contribution in [3.05, 3.63) is 106 Å². The summed E-state index contributed by atoms with van der Waals surface area (Å²) in [6.07, 6.45) is 1.75. The van der Waals surface area contributed by atoms with E-state index in [0.29, 0.717) is 18.7 Å². The maximum absolute atomic E-state index is 12.3. The Labute approximate surface area is 175 Å². The van der Waals surface area contributed by atoms with E-state index >= 15 is 0 Å². The molecule has 3 rings (SSSR count). The molecule has 0 aliphatic heterocycles. The molecule has 30 heavy (non-hydrogen) atoms. The Morgan fingerprint density at radius 1 is 0.967 bits per heavy atom. The van der Waals surface area contributed by atoms with E-state index in [-0.39, 0.29) is 17.4 Å². The van der Waals surface area contributed by atoms with Gasteiger partial charge in [-0.3, -0.25) is 14.4 Å². The van der Waals surface area contributed by atoms with E-state index in [2.05, 4.69) is 10.6 Å². The van der Waals surface area contributed by atoms with Gasteiger partial charge in [0.2, 0.25) is 5.91 Å². The van der Waals surface area contributed by atoms with Crippen molar-refractivity contribution in [1.82, 2.24) is 15.2 Å². The zero-order valence-electron chi connectivity index (χ0n) is 17.1. The summed E-state index contributed by atoms with van der Waals surface area (Å²) in [6.45, 7) is 4.42. The number of rotatable bonds is 7. The molecule has 6 heteroatoms. The van der Waals surface area contributed by atoms with Crippen molar-refractivity contribution in [3.8, 4) is 0 Å². The number of nitrogens with zero attached hydrogens (tertiary/aromatic N) is 1. The predicted molar refractivity (Wildman–Crippen MR) is 116 cm³/mol. The van der Waals surface area contributed by atoms with Crippen LogP contribution in [0.1, 0.15) is 34.0 Å². The Balaban J connectivity index is 1.51. The zero-order chi connectivity index (χ0) is 21.5. The molecule has 6 nitrogen and oxygen atoms in total. The standard InChI is InChI=1S/C24H25N3O3/c1-17-6-5-7-21(14-17)24(30)26-18(2)23(29)25-15-19-9-11-20(12-10-19)16-27-13-4-3-8-22(27)28/h3-14,18H,15-16H2,1-2H3,(H,25,29)(H,26,30). The van der Waals surface area contributed by atoms with Gasteiger partial charge in [0.25, 0.3) is 11.5 Å². The number of carbonyl (C=O) groups is 2. The van der Waals surface area contributed by atoms with E-state index in [1.54, 1.807) is 35.9 Å². The summed E-state index contributed by atoms with van der Waals surface area (Å²) < 4.78 is 1.63. The number of benzene rings is 2. The number of nitrogens with one attached hydrogen (secondary N) is 2. The average molecular weight is 403 g/mol. The van der Waals surface area contributed by atoms with Crippen LogP contribution in [-0.2, 0) is 17.9 Å². The molecule has 0 radical (unpaired) electrons. The first-order chi connectivity index (χ1) is 14.4. The highest BCUT2D eigenvalue weighted by Crippen LogP contribution is 2.07. The molecule has 0 saturated carbocycles. The first kappa shape index (κ1) is 21.0. The molecule has 1 atom stereocenters. The molecule has 1 unspecified atom stereocenters. The molecule has 0 aliphatic rings. The van der Waals surface area contributed by atoms with Gasteiger partial charge in [-0.05, 0) is 43.2 Å². The molecule has 3 aromatic rings. The number of aryl methyl sites for hydroxylation is 1. The first-order valence-corrected chi connectivity index (χ1v) is 9.81. The van der Waals surface area contributed by atoms with Crippen molar-refractivity contribution in [2.45, 2.75) is 33.0 Å². The van der Waals surface area contributed by atoms with Crippen LogP contribution in [0, 0.1) is 6.92 Å². The van der Waals surface area contributed by atoms with Crippen molar-refractivity contribution < 1.29 is 9.59 Å². The fourth-order valence-electron chi connectivity index (χ4n) is 3.02. The normalized spacial score (nSPS) is 11.5. The molecule has 0 spiro atoms. The van der Waals surface area contributed by atoms with Crippen molar-refractivity contribution in [3.63, 3.8) is 0 Å². The van der Waals surface area contributed by atoms with Gasteiger partial charge < -0.3 is 15.2 Å². The summed E-state index contributed by atoms with van der Waals surface area (Å²) in [6, 6.07) is 19.4. The maximum Gasteiger partial charge on any atom is 0.251 e. The van der Waals surface area contributed by atoms with E-state index in [1.807, 2.05) is 49.4 Å². The van der Waals surface area contributed by atoms with E-state index < -0.39 is 6.04 Å². The zero-order valence-corrected chi connectivity index (χ0v) is 17.1. The van der Waals surface area contributed by atoms with Crippen LogP contribution in [0.2, 0.25) is 0 Å². The fraction of sp³-hybridized carbons (Fsp3) is 0.208. The molecule has 154 valence electrons. The van der Waals surface area contributed by atoms with Gasteiger partial charge in [0.1, 0.15) is 6.04 Å². The van der Waals surface area contributed by atoms with E-state index in [4.69, 9.17) is 0 Å². The lowest BCUT2D eigenvalue weighted by Gasteiger charge is -2.14. The fourth-order valence-corrected chi connectivity index (χ4v) is 3.02. The minimum atomic E-state index is -0.651. The molecular formula is C24H25N3O3. The number of hydrogen-bond acceptors (Lipinski definition) is 3. The van der Waals surface area contributed by atoms with Gasteiger partial charge in [-0.25, -0.2) is 0 Å². The third-order valence-electron chi connectivity index (χ3n) is 4.76. The van der Waals surface area contributed by atoms with Crippen LogP contribution in [0.15, 0.2) is 77.7 Å². The quantitative estimate of drug-likeness (QED) is 0.636. The Morgan fingerprint density at radius 3 is 2.40 bits per heavy atom. The smallest absolute Gasteiger partial charge is 0.251 e. The van der Waals surface area contributed by atoms with Crippen LogP contribution in [0.5, 0.6) is 0 Å². The summed E-state index contributed by atoms with van der Waals surface area (Å²) in [5.74, 6) is -0.530. The van der Waals surface area contributed by atoms with Crippen molar-refractivity contribution in [1.29, 1.82) is 0 Å². The number of hydrogen-bond donors (Lipinski definition) is 2. The molecule has 2 amide bonds. The van der Waals surface area contributed by atoms with Crippen molar-refractivity contribution in [2.75, 3.05) is 0 Å². The van der Waals surface area contributed by atoms with Crippen LogP contribution in [0.3, 0.4) is 0 Å². The molecule has 2 aromatic carbocycles. The highest BCUT2D eigenvalue weighted by atomic mass is 16.2. The van der Waals surface area contributed by atoms with Gasteiger partial charge in [0, 0.05) is 24.4 Å². The first-order valence-electron chi connectivity index (χ1n) is 9.81. The number of amides is 2. The van der Waals surface area contributed by atoms with Crippen LogP contribution in [-0.4, -0.2) is 22.4 Å². The Bertz CT molecular complexity index is 1090. The van der Waals surface area contributed by atoms with Gasteiger partial charge in [-0.2, -0.15) is 0 Å². The van der Waals surface area contributed by atoms with E-state index in [0.717, 1.165) is 16.7 Å². The monoisotopic (exact) mass is 403 g/mol. The van der Waals surface area contributed by atoms with Crippen molar-refractivity contribution >= 4 is 11.8 Å². The largest absolute Gasteiger partial charge is 0.350 e. The van der Waals surface area contributed by atoms with Gasteiger partial charge >= 0.3 is 0 Å². The molecule has 0 aliphatic carbocycles. The highest BCUT2D eigenvalue weighted by Gasteiger charge is 2.16. The second-order valence-electron chi connectivity index (χ2n) is 7.27. The van der Waals surface area contributed by atoms with Crippen LogP contribution < -0.4 is 16.2 Å². The minimum Gasteiger partial charge on any atom is -0.350 e. The molecule has 1 heterocycles. The summed E-state index contributed by atoms with van der Waals surface area (Å²) in [5, 5.41) is 5.55. The number of carbonyl (C=O) groups excluding carboxylic acids is 2. The second-order valence-corrected chi connectivity index (χ2v) is 7.27. The minimum absolute atomic E-state index is 0.0458. The third kappa shape index (κ3) is 5.67. The molecule has 0 bridgehead atoms. The summed E-state index contributed by atoms with van der Waals surface area (Å²) in [4.78, 5) is 36.4. The summed E-state index contributed by atoms with van der Waals surface area (Å²) >= 11 is 0. The van der Waals surface area contributed by atoms with Gasteiger partial charge in [0.15, 0.2) is 0 Å². The third-order valence-corrected chi connectivity index (χ3v) is 4.76. The van der Waals surface area contributed by atoms with Crippen molar-refractivity contribution in [2.24, 2.45) is 0 Å². The van der Waals surface area contributed by atoms with Crippen LogP contribution >= 0.6 is 0 Å². The molecular weight excluding hydrogens is 378 g/mol. The Kier molecular flexibility index (Phi) is 6.80. The highest BCUT2D eigenvalue weighted by molar-refractivity contribution is 5.97. The van der Waals surface area contributed by atoms with E-state index in [1.165, 1.54) is 6.07 Å². The second kappa shape index (κ2) is 9.69.